The molecule has 5 rings (SSSR count). The van der Waals surface area contributed by atoms with E-state index in [9.17, 15) is 4.79 Å². The molecule has 1 N–H and O–H groups in total. The summed E-state index contributed by atoms with van der Waals surface area (Å²) in [5.41, 5.74) is 3.59. The number of para-hydroxylation sites is 2. The number of nitrogens with one attached hydrogen (secondary N) is 1. The third-order valence-electron chi connectivity index (χ3n) is 5.99. The van der Waals surface area contributed by atoms with Crippen molar-refractivity contribution in [2.24, 2.45) is 0 Å². The lowest BCUT2D eigenvalue weighted by atomic mass is 10.2. The van der Waals surface area contributed by atoms with Crippen molar-refractivity contribution in [3.8, 4) is 0 Å². The number of likely N-dealkylation sites (tertiary alicyclic amines) is 1. The first-order valence-electron chi connectivity index (χ1n) is 10.9. The predicted octanol–water partition coefficient (Wildman–Crippen LogP) is 4.75. The summed E-state index contributed by atoms with van der Waals surface area (Å²) in [6.45, 7) is 7.80. The second-order valence-electron chi connectivity index (χ2n) is 8.30. The highest BCUT2D eigenvalue weighted by molar-refractivity contribution is 5.92. The molecule has 1 aliphatic rings. The van der Waals surface area contributed by atoms with Crippen LogP contribution in [0.25, 0.3) is 22.1 Å². The molecule has 1 aliphatic heterocycles. The van der Waals surface area contributed by atoms with Crippen molar-refractivity contribution in [3.63, 3.8) is 0 Å². The van der Waals surface area contributed by atoms with Gasteiger partial charge in [-0.3, -0.25) is 0 Å². The fraction of sp³-hybridized carbons (Fsp3) is 0.391. The number of anilines is 1. The number of aryl methyl sites for hydroxylation is 1. The highest BCUT2D eigenvalue weighted by atomic mass is 16.2. The quantitative estimate of drug-likeness (QED) is 0.519. The molecular weight excluding hydrogens is 390 g/mol. The Hall–Kier alpha value is -3.42. The van der Waals surface area contributed by atoms with Gasteiger partial charge in [0.05, 0.1) is 35.2 Å². The first-order valence-corrected chi connectivity index (χ1v) is 10.9. The number of hydrogen-bond donors (Lipinski definition) is 1. The monoisotopic (exact) mass is 417 g/mol. The molecule has 4 heterocycles. The summed E-state index contributed by atoms with van der Waals surface area (Å²) in [4.78, 5) is 24.5. The third-order valence-corrected chi connectivity index (χ3v) is 5.99. The van der Waals surface area contributed by atoms with E-state index in [-0.39, 0.29) is 18.1 Å². The van der Waals surface area contributed by atoms with Crippen LogP contribution in [0, 0.1) is 0 Å². The van der Waals surface area contributed by atoms with Crippen molar-refractivity contribution in [2.75, 3.05) is 11.9 Å². The molecule has 0 aliphatic carbocycles. The molecule has 1 unspecified atom stereocenters. The highest BCUT2D eigenvalue weighted by Crippen LogP contribution is 2.34. The molecule has 3 aromatic heterocycles. The minimum Gasteiger partial charge on any atom is -0.327 e. The molecule has 0 spiro atoms. The standard InChI is InChI=1S/C23H27N7O/c1-4-28-19-9-6-5-8-18(19)27-22(28)20-10-7-11-29(20)23(31)26-17-12-16-13-25-30(15(2)3)21(16)24-14-17/h5-6,8-9,12-15,20H,4,7,10-11H2,1-3H3,(H,26,31). The van der Waals surface area contributed by atoms with Gasteiger partial charge in [0.1, 0.15) is 5.82 Å². The van der Waals surface area contributed by atoms with Crippen LogP contribution < -0.4 is 5.32 Å². The van der Waals surface area contributed by atoms with E-state index >= 15 is 0 Å². The third kappa shape index (κ3) is 3.32. The van der Waals surface area contributed by atoms with E-state index in [2.05, 4.69) is 46.8 Å². The van der Waals surface area contributed by atoms with E-state index in [0.717, 1.165) is 47.3 Å². The average molecular weight is 418 g/mol. The fourth-order valence-electron chi connectivity index (χ4n) is 4.54. The van der Waals surface area contributed by atoms with Gasteiger partial charge in [-0.25, -0.2) is 19.4 Å². The van der Waals surface area contributed by atoms with Crippen molar-refractivity contribution in [1.29, 1.82) is 0 Å². The van der Waals surface area contributed by atoms with Gasteiger partial charge < -0.3 is 14.8 Å². The zero-order valence-corrected chi connectivity index (χ0v) is 18.1. The number of fused-ring (bicyclic) bond motifs is 2. The van der Waals surface area contributed by atoms with Gasteiger partial charge >= 0.3 is 6.03 Å². The van der Waals surface area contributed by atoms with Gasteiger partial charge in [0.2, 0.25) is 0 Å². The minimum atomic E-state index is -0.116. The summed E-state index contributed by atoms with van der Waals surface area (Å²) < 4.78 is 4.10. The number of urea groups is 1. The number of carbonyl (C=O) groups excluding carboxylic acids is 1. The zero-order valence-electron chi connectivity index (χ0n) is 18.1. The second kappa shape index (κ2) is 7.68. The summed E-state index contributed by atoms with van der Waals surface area (Å²) >= 11 is 0. The van der Waals surface area contributed by atoms with Gasteiger partial charge in [0.15, 0.2) is 5.65 Å². The lowest BCUT2D eigenvalue weighted by Gasteiger charge is -2.25. The van der Waals surface area contributed by atoms with Crippen LogP contribution >= 0.6 is 0 Å². The Morgan fingerprint density at radius 3 is 2.90 bits per heavy atom. The molecule has 1 fully saturated rings. The summed E-state index contributed by atoms with van der Waals surface area (Å²) in [7, 11) is 0. The summed E-state index contributed by atoms with van der Waals surface area (Å²) in [6.07, 6.45) is 5.37. The number of hydrogen-bond acceptors (Lipinski definition) is 4. The summed E-state index contributed by atoms with van der Waals surface area (Å²) in [6, 6.07) is 10.2. The molecule has 1 atom stereocenters. The molecule has 8 heteroatoms. The number of carbonyl (C=O) groups is 1. The Labute approximate surface area is 180 Å². The Morgan fingerprint density at radius 1 is 1.26 bits per heavy atom. The largest absolute Gasteiger partial charge is 0.327 e. The first kappa shape index (κ1) is 19.5. The predicted molar refractivity (Wildman–Crippen MR) is 121 cm³/mol. The molecule has 0 saturated carbocycles. The topological polar surface area (TPSA) is 80.9 Å². The average Bonchev–Trinajstić information content (AvgIpc) is 3.48. The van der Waals surface area contributed by atoms with Crippen LogP contribution in [0.1, 0.15) is 51.5 Å². The Kier molecular flexibility index (Phi) is 4.84. The number of benzene rings is 1. The molecule has 0 bridgehead atoms. The molecule has 1 saturated heterocycles. The molecular formula is C23H27N7O. The van der Waals surface area contributed by atoms with Crippen molar-refractivity contribution < 1.29 is 4.79 Å². The lowest BCUT2D eigenvalue weighted by molar-refractivity contribution is 0.204. The molecule has 0 radical (unpaired) electrons. The van der Waals surface area contributed by atoms with Crippen LogP contribution in [0.15, 0.2) is 42.7 Å². The normalized spacial score (nSPS) is 16.6. The van der Waals surface area contributed by atoms with Gasteiger partial charge in [0, 0.05) is 24.5 Å². The van der Waals surface area contributed by atoms with Crippen molar-refractivity contribution in [3.05, 3.63) is 48.5 Å². The molecule has 8 nitrogen and oxygen atoms in total. The Bertz CT molecular complexity index is 1260. The van der Waals surface area contributed by atoms with E-state index in [1.165, 1.54) is 0 Å². The number of amides is 2. The highest BCUT2D eigenvalue weighted by Gasteiger charge is 2.33. The van der Waals surface area contributed by atoms with Crippen LogP contribution in [-0.2, 0) is 6.54 Å². The maximum Gasteiger partial charge on any atom is 0.322 e. The molecule has 31 heavy (non-hydrogen) atoms. The van der Waals surface area contributed by atoms with E-state index in [1.54, 1.807) is 12.4 Å². The zero-order chi connectivity index (χ0) is 21.5. The maximum absolute atomic E-state index is 13.2. The minimum absolute atomic E-state index is 0.0345. The summed E-state index contributed by atoms with van der Waals surface area (Å²) in [5, 5.41) is 8.35. The van der Waals surface area contributed by atoms with Crippen LogP contribution in [0.3, 0.4) is 0 Å². The second-order valence-corrected chi connectivity index (χ2v) is 8.30. The molecule has 160 valence electrons. The number of pyridine rings is 1. The van der Waals surface area contributed by atoms with E-state index < -0.39 is 0 Å². The van der Waals surface area contributed by atoms with Crippen molar-refractivity contribution >= 4 is 33.8 Å². The fourth-order valence-corrected chi connectivity index (χ4v) is 4.54. The van der Waals surface area contributed by atoms with Gasteiger partial charge in [0.25, 0.3) is 0 Å². The number of aromatic nitrogens is 5. The van der Waals surface area contributed by atoms with E-state index in [1.807, 2.05) is 33.8 Å². The van der Waals surface area contributed by atoms with E-state index in [4.69, 9.17) is 4.98 Å². The van der Waals surface area contributed by atoms with Crippen LogP contribution in [0.5, 0.6) is 0 Å². The van der Waals surface area contributed by atoms with Crippen LogP contribution in [0.4, 0.5) is 10.5 Å². The smallest absolute Gasteiger partial charge is 0.322 e. The Balaban J connectivity index is 1.41. The van der Waals surface area contributed by atoms with Gasteiger partial charge in [-0.1, -0.05) is 12.1 Å². The molecule has 2 amide bonds. The van der Waals surface area contributed by atoms with Crippen molar-refractivity contribution in [2.45, 2.75) is 52.2 Å². The van der Waals surface area contributed by atoms with Gasteiger partial charge in [-0.15, -0.1) is 0 Å². The first-order chi connectivity index (χ1) is 15.1. The van der Waals surface area contributed by atoms with E-state index in [0.29, 0.717) is 12.2 Å². The van der Waals surface area contributed by atoms with Crippen molar-refractivity contribution in [1.82, 2.24) is 29.2 Å². The molecule has 4 aromatic rings. The van der Waals surface area contributed by atoms with Crippen LogP contribution in [-0.4, -0.2) is 41.8 Å². The van der Waals surface area contributed by atoms with Gasteiger partial charge in [-0.05, 0) is 51.8 Å². The Morgan fingerprint density at radius 2 is 2.10 bits per heavy atom. The number of rotatable bonds is 4. The SMILES string of the molecule is CCn1c(C2CCCN2C(=O)Nc2cnc3c(cnn3C(C)C)c2)nc2ccccc21. The lowest BCUT2D eigenvalue weighted by Crippen LogP contribution is -2.35. The molecule has 1 aromatic carbocycles. The maximum atomic E-state index is 13.2. The van der Waals surface area contributed by atoms with Crippen LogP contribution in [0.2, 0.25) is 0 Å². The number of nitrogens with zero attached hydrogens (tertiary/aromatic N) is 6. The number of imidazole rings is 1. The van der Waals surface area contributed by atoms with Gasteiger partial charge in [-0.2, -0.15) is 5.10 Å². The summed E-state index contributed by atoms with van der Waals surface area (Å²) in [5.74, 6) is 0.961.